The second-order valence-electron chi connectivity index (χ2n) is 6.62. The van der Waals surface area contributed by atoms with Gasteiger partial charge < -0.3 is 15.5 Å². The summed E-state index contributed by atoms with van der Waals surface area (Å²) >= 11 is 6.45. The van der Waals surface area contributed by atoms with E-state index in [0.29, 0.717) is 16.7 Å². The van der Waals surface area contributed by atoms with Gasteiger partial charge in [0.15, 0.2) is 0 Å². The minimum Gasteiger partial charge on any atom is -0.373 e. The molecular formula is C19H18ClF3N6. The average molecular weight is 423 g/mol. The van der Waals surface area contributed by atoms with Crippen molar-refractivity contribution in [2.45, 2.75) is 6.18 Å². The van der Waals surface area contributed by atoms with Crippen LogP contribution in [0.3, 0.4) is 0 Å². The van der Waals surface area contributed by atoms with Crippen LogP contribution in [0.2, 0.25) is 5.02 Å². The maximum absolute atomic E-state index is 13.6. The summed E-state index contributed by atoms with van der Waals surface area (Å²) in [6.07, 6.45) is -3.15. The summed E-state index contributed by atoms with van der Waals surface area (Å²) in [5, 5.41) is 6.90. The van der Waals surface area contributed by atoms with E-state index >= 15 is 0 Å². The molecule has 0 amide bonds. The topological polar surface area (TPSA) is 66.0 Å². The lowest BCUT2D eigenvalue weighted by atomic mass is 10.0. The molecule has 2 N–H and O–H groups in total. The Kier molecular flexibility index (Phi) is 5.18. The van der Waals surface area contributed by atoms with Crippen LogP contribution in [0.4, 0.5) is 24.8 Å². The predicted octanol–water partition coefficient (Wildman–Crippen LogP) is 3.82. The zero-order chi connectivity index (χ0) is 20.6. The van der Waals surface area contributed by atoms with Gasteiger partial charge in [-0.15, -0.1) is 0 Å². The van der Waals surface area contributed by atoms with Gasteiger partial charge in [0.05, 0.1) is 21.8 Å². The van der Waals surface area contributed by atoms with Gasteiger partial charge in [-0.05, 0) is 24.3 Å². The van der Waals surface area contributed by atoms with Crippen molar-refractivity contribution in [1.82, 2.24) is 20.3 Å². The van der Waals surface area contributed by atoms with Crippen LogP contribution in [0.15, 0.2) is 30.6 Å². The first-order valence-corrected chi connectivity index (χ1v) is 9.42. The SMILES string of the molecule is CNc1ccc(C(F)(F)F)c(-c2cc3ncnc(N4CCNCC4)c3cc2Cl)n1. The number of aromatic nitrogens is 3. The summed E-state index contributed by atoms with van der Waals surface area (Å²) < 4.78 is 40.7. The third kappa shape index (κ3) is 3.79. The fourth-order valence-electron chi connectivity index (χ4n) is 3.41. The number of anilines is 2. The smallest absolute Gasteiger partial charge is 0.373 e. The van der Waals surface area contributed by atoms with Gasteiger partial charge in [0.1, 0.15) is 18.0 Å². The molecule has 4 rings (SSSR count). The third-order valence-corrected chi connectivity index (χ3v) is 5.14. The van der Waals surface area contributed by atoms with Crippen LogP contribution in [0, 0.1) is 0 Å². The first-order chi connectivity index (χ1) is 13.9. The van der Waals surface area contributed by atoms with E-state index in [1.54, 1.807) is 19.2 Å². The molecule has 2 aromatic heterocycles. The van der Waals surface area contributed by atoms with Gasteiger partial charge in [0.2, 0.25) is 0 Å². The summed E-state index contributed by atoms with van der Waals surface area (Å²) in [4.78, 5) is 14.9. The zero-order valence-corrected chi connectivity index (χ0v) is 16.3. The number of rotatable bonds is 3. The molecule has 1 fully saturated rings. The number of piperazine rings is 1. The monoisotopic (exact) mass is 422 g/mol. The van der Waals surface area contributed by atoms with Crippen molar-refractivity contribution in [3.63, 3.8) is 0 Å². The predicted molar refractivity (Wildman–Crippen MR) is 107 cm³/mol. The van der Waals surface area contributed by atoms with Crippen LogP contribution in [-0.4, -0.2) is 48.2 Å². The van der Waals surface area contributed by atoms with Crippen molar-refractivity contribution in [3.05, 3.63) is 41.2 Å². The fourth-order valence-corrected chi connectivity index (χ4v) is 3.66. The number of benzene rings is 1. The van der Waals surface area contributed by atoms with Crippen molar-refractivity contribution in [2.24, 2.45) is 0 Å². The van der Waals surface area contributed by atoms with Crippen LogP contribution in [0.5, 0.6) is 0 Å². The Bertz CT molecular complexity index is 1050. The van der Waals surface area contributed by atoms with Gasteiger partial charge in [-0.3, -0.25) is 0 Å². The summed E-state index contributed by atoms with van der Waals surface area (Å²) in [6.45, 7) is 3.20. The largest absolute Gasteiger partial charge is 0.418 e. The lowest BCUT2D eigenvalue weighted by molar-refractivity contribution is -0.137. The van der Waals surface area contributed by atoms with Gasteiger partial charge in [0.25, 0.3) is 0 Å². The van der Waals surface area contributed by atoms with Crippen LogP contribution in [0.1, 0.15) is 5.56 Å². The number of fused-ring (bicyclic) bond motifs is 1. The number of hydrogen-bond donors (Lipinski definition) is 2. The van der Waals surface area contributed by atoms with E-state index in [-0.39, 0.29) is 16.3 Å². The number of halogens is 4. The molecule has 3 aromatic rings. The zero-order valence-electron chi connectivity index (χ0n) is 15.5. The molecule has 1 saturated heterocycles. The molecule has 0 bridgehead atoms. The number of pyridine rings is 1. The molecule has 152 valence electrons. The summed E-state index contributed by atoms with van der Waals surface area (Å²) in [5.41, 5.74) is -0.404. The van der Waals surface area contributed by atoms with E-state index in [2.05, 4.69) is 30.5 Å². The Labute approximate surface area is 170 Å². The molecule has 0 unspecified atom stereocenters. The minimum absolute atomic E-state index is 0.162. The molecule has 0 radical (unpaired) electrons. The molecule has 6 nitrogen and oxygen atoms in total. The maximum Gasteiger partial charge on any atom is 0.418 e. The minimum atomic E-state index is -4.56. The summed E-state index contributed by atoms with van der Waals surface area (Å²) in [6, 6.07) is 5.45. The molecule has 3 heterocycles. The second-order valence-corrected chi connectivity index (χ2v) is 7.03. The number of hydrogen-bond acceptors (Lipinski definition) is 6. The highest BCUT2D eigenvalue weighted by molar-refractivity contribution is 6.34. The molecule has 10 heteroatoms. The van der Waals surface area contributed by atoms with E-state index < -0.39 is 11.7 Å². The third-order valence-electron chi connectivity index (χ3n) is 4.83. The van der Waals surface area contributed by atoms with Gasteiger partial charge in [-0.2, -0.15) is 13.2 Å². The quantitative estimate of drug-likeness (QED) is 0.669. The Morgan fingerprint density at radius 2 is 1.90 bits per heavy atom. The first-order valence-electron chi connectivity index (χ1n) is 9.05. The standard InChI is InChI=1S/C19H18ClF3N6/c1-24-16-3-2-13(19(21,22)23)17(28-16)11-9-15-12(8-14(11)20)18(27-10-26-15)29-6-4-25-5-7-29/h2-3,8-10,25H,4-7H2,1H3,(H,24,28). The highest BCUT2D eigenvalue weighted by Gasteiger charge is 2.35. The maximum atomic E-state index is 13.6. The van der Waals surface area contributed by atoms with E-state index in [0.717, 1.165) is 38.1 Å². The van der Waals surface area contributed by atoms with Gasteiger partial charge in [-0.1, -0.05) is 11.6 Å². The van der Waals surface area contributed by atoms with Crippen LogP contribution < -0.4 is 15.5 Å². The number of nitrogens with zero attached hydrogens (tertiary/aromatic N) is 4. The van der Waals surface area contributed by atoms with E-state index in [9.17, 15) is 13.2 Å². The van der Waals surface area contributed by atoms with Crippen molar-refractivity contribution in [2.75, 3.05) is 43.4 Å². The Hall–Kier alpha value is -2.65. The fraction of sp³-hybridized carbons (Fsp3) is 0.316. The van der Waals surface area contributed by atoms with Crippen molar-refractivity contribution < 1.29 is 13.2 Å². The Balaban J connectivity index is 1.89. The van der Waals surface area contributed by atoms with Crippen molar-refractivity contribution in [3.8, 4) is 11.3 Å². The number of nitrogens with one attached hydrogen (secondary N) is 2. The van der Waals surface area contributed by atoms with Gasteiger partial charge in [0, 0.05) is 44.2 Å². The van der Waals surface area contributed by atoms with Crippen LogP contribution in [-0.2, 0) is 6.18 Å². The molecular weight excluding hydrogens is 405 g/mol. The van der Waals surface area contributed by atoms with Crippen molar-refractivity contribution in [1.29, 1.82) is 0 Å². The lowest BCUT2D eigenvalue weighted by Crippen LogP contribution is -2.44. The van der Waals surface area contributed by atoms with Crippen LogP contribution in [0.25, 0.3) is 22.2 Å². The average Bonchev–Trinajstić information content (AvgIpc) is 2.72. The van der Waals surface area contributed by atoms with E-state index in [1.807, 2.05) is 0 Å². The molecule has 0 atom stereocenters. The number of alkyl halides is 3. The Morgan fingerprint density at radius 3 is 2.59 bits per heavy atom. The lowest BCUT2D eigenvalue weighted by Gasteiger charge is -2.29. The highest BCUT2D eigenvalue weighted by Crippen LogP contribution is 2.41. The highest BCUT2D eigenvalue weighted by atomic mass is 35.5. The normalized spacial score (nSPS) is 15.0. The van der Waals surface area contributed by atoms with Gasteiger partial charge >= 0.3 is 6.18 Å². The molecule has 1 aliphatic heterocycles. The van der Waals surface area contributed by atoms with Crippen LogP contribution >= 0.6 is 11.6 Å². The Morgan fingerprint density at radius 1 is 1.14 bits per heavy atom. The molecule has 29 heavy (non-hydrogen) atoms. The molecule has 1 aliphatic rings. The van der Waals surface area contributed by atoms with E-state index in [1.165, 1.54) is 12.4 Å². The first kappa shape index (κ1) is 19.7. The summed E-state index contributed by atoms with van der Waals surface area (Å²) in [5.74, 6) is 1.03. The van der Waals surface area contributed by atoms with Gasteiger partial charge in [-0.25, -0.2) is 15.0 Å². The van der Waals surface area contributed by atoms with E-state index in [4.69, 9.17) is 11.6 Å². The molecule has 0 aliphatic carbocycles. The molecule has 0 saturated carbocycles. The second kappa shape index (κ2) is 7.64. The molecule has 1 aromatic carbocycles. The molecule has 0 spiro atoms. The summed E-state index contributed by atoms with van der Waals surface area (Å²) in [7, 11) is 1.59. The van der Waals surface area contributed by atoms with Crippen molar-refractivity contribution >= 4 is 34.1 Å².